The number of carbonyl (C=O) groups excluding carboxylic acids is 1. The van der Waals surface area contributed by atoms with Crippen LogP contribution in [-0.4, -0.2) is 52.4 Å². The van der Waals surface area contributed by atoms with Crippen LogP contribution in [0, 0.1) is 0 Å². The van der Waals surface area contributed by atoms with E-state index in [0.29, 0.717) is 6.54 Å². The van der Waals surface area contributed by atoms with E-state index in [1.54, 1.807) is 11.8 Å². The van der Waals surface area contributed by atoms with Crippen molar-refractivity contribution in [2.45, 2.75) is 43.0 Å². The van der Waals surface area contributed by atoms with Crippen LogP contribution in [0.15, 0.2) is 0 Å². The number of urea groups is 1. The number of hydrogen-bond acceptors (Lipinski definition) is 4. The fourth-order valence-electron chi connectivity index (χ4n) is 2.23. The number of thioether (sulfide) groups is 1. The smallest absolute Gasteiger partial charge is 0.334 e. The molecule has 7 heteroatoms. The Kier molecular flexibility index (Phi) is 6.44. The maximum atomic E-state index is 11.5. The molecule has 1 atom stereocenters. The van der Waals surface area contributed by atoms with Gasteiger partial charge in [-0.1, -0.05) is 19.3 Å². The summed E-state index contributed by atoms with van der Waals surface area (Å²) < 4.78 is 0.0982. The standard InChI is InChI=1S/C12H22N2O4S/c1-19-12(5-3-2-4-6-12)8-14-11(18)13-7-9(15)10(16)17/h9,15H,2-8H2,1H3,(H,16,17)(H2,13,14,18). The largest absolute Gasteiger partial charge is 0.479 e. The average Bonchev–Trinajstić information content (AvgIpc) is 2.43. The zero-order valence-corrected chi connectivity index (χ0v) is 12.0. The van der Waals surface area contributed by atoms with E-state index in [0.717, 1.165) is 12.8 Å². The third-order valence-electron chi connectivity index (χ3n) is 3.51. The lowest BCUT2D eigenvalue weighted by Crippen LogP contribution is -2.47. The van der Waals surface area contributed by atoms with E-state index in [1.165, 1.54) is 19.3 Å². The molecule has 0 radical (unpaired) electrons. The van der Waals surface area contributed by atoms with Gasteiger partial charge in [0.25, 0.3) is 0 Å². The first kappa shape index (κ1) is 16.1. The number of carbonyl (C=O) groups is 2. The van der Waals surface area contributed by atoms with Gasteiger partial charge < -0.3 is 20.8 Å². The highest BCUT2D eigenvalue weighted by Crippen LogP contribution is 2.37. The molecule has 0 heterocycles. The fourth-order valence-corrected chi connectivity index (χ4v) is 3.14. The van der Waals surface area contributed by atoms with Gasteiger partial charge in [-0.2, -0.15) is 11.8 Å². The Labute approximate surface area is 117 Å². The van der Waals surface area contributed by atoms with Crippen molar-refractivity contribution in [3.05, 3.63) is 0 Å². The lowest BCUT2D eigenvalue weighted by Gasteiger charge is -2.35. The molecule has 2 amide bonds. The zero-order chi connectivity index (χ0) is 14.3. The molecule has 0 aromatic heterocycles. The van der Waals surface area contributed by atoms with Gasteiger partial charge in [-0.15, -0.1) is 0 Å². The van der Waals surface area contributed by atoms with Crippen molar-refractivity contribution in [1.29, 1.82) is 0 Å². The first-order valence-corrected chi connectivity index (χ1v) is 7.69. The number of aliphatic carboxylic acids is 1. The van der Waals surface area contributed by atoms with Gasteiger partial charge in [-0.25, -0.2) is 9.59 Å². The van der Waals surface area contributed by atoms with E-state index < -0.39 is 18.1 Å². The SMILES string of the molecule is CSC1(CNC(=O)NCC(O)C(=O)O)CCCCC1. The van der Waals surface area contributed by atoms with Gasteiger partial charge in [0.1, 0.15) is 0 Å². The van der Waals surface area contributed by atoms with Crippen molar-refractivity contribution in [3.8, 4) is 0 Å². The summed E-state index contributed by atoms with van der Waals surface area (Å²) in [6, 6.07) is -0.431. The van der Waals surface area contributed by atoms with Crippen molar-refractivity contribution in [3.63, 3.8) is 0 Å². The molecule has 0 aliphatic heterocycles. The van der Waals surface area contributed by atoms with Crippen LogP contribution >= 0.6 is 11.8 Å². The van der Waals surface area contributed by atoms with Crippen LogP contribution in [0.25, 0.3) is 0 Å². The van der Waals surface area contributed by atoms with E-state index in [2.05, 4.69) is 16.9 Å². The fraction of sp³-hybridized carbons (Fsp3) is 0.833. The van der Waals surface area contributed by atoms with Crippen LogP contribution in [0.5, 0.6) is 0 Å². The number of nitrogens with one attached hydrogen (secondary N) is 2. The summed E-state index contributed by atoms with van der Waals surface area (Å²) in [6.45, 7) is 0.288. The summed E-state index contributed by atoms with van der Waals surface area (Å²) in [5.74, 6) is -1.34. The van der Waals surface area contributed by atoms with Crippen molar-refractivity contribution < 1.29 is 19.8 Å². The Morgan fingerprint density at radius 2 is 1.89 bits per heavy atom. The van der Waals surface area contributed by atoms with Gasteiger partial charge in [-0.3, -0.25) is 0 Å². The summed E-state index contributed by atoms with van der Waals surface area (Å²) in [4.78, 5) is 21.9. The zero-order valence-electron chi connectivity index (χ0n) is 11.1. The van der Waals surface area contributed by atoms with Crippen LogP contribution in [0.4, 0.5) is 4.79 Å². The third kappa shape index (κ3) is 5.28. The summed E-state index contributed by atoms with van der Waals surface area (Å²) >= 11 is 1.78. The van der Waals surface area contributed by atoms with Gasteiger partial charge in [0.15, 0.2) is 6.10 Å². The number of hydrogen-bond donors (Lipinski definition) is 4. The van der Waals surface area contributed by atoms with E-state index in [-0.39, 0.29) is 11.3 Å². The van der Waals surface area contributed by atoms with Gasteiger partial charge >= 0.3 is 12.0 Å². The molecule has 6 nitrogen and oxygen atoms in total. The molecule has 0 bridgehead atoms. The second-order valence-corrected chi connectivity index (χ2v) is 6.14. The van der Waals surface area contributed by atoms with E-state index in [9.17, 15) is 9.59 Å². The van der Waals surface area contributed by atoms with Crippen LogP contribution in [0.1, 0.15) is 32.1 Å². The van der Waals surface area contributed by atoms with Gasteiger partial charge in [0.2, 0.25) is 0 Å². The first-order chi connectivity index (χ1) is 8.99. The van der Waals surface area contributed by atoms with Crippen LogP contribution < -0.4 is 10.6 Å². The number of aliphatic hydroxyl groups excluding tert-OH is 1. The molecule has 1 fully saturated rings. The Morgan fingerprint density at radius 3 is 2.42 bits per heavy atom. The summed E-state index contributed by atoms with van der Waals surface area (Å²) in [5, 5.41) is 22.6. The minimum Gasteiger partial charge on any atom is -0.479 e. The maximum absolute atomic E-state index is 11.5. The second-order valence-electron chi connectivity index (χ2n) is 4.87. The molecule has 110 valence electrons. The number of aliphatic hydroxyl groups is 1. The van der Waals surface area contributed by atoms with E-state index in [4.69, 9.17) is 10.2 Å². The highest BCUT2D eigenvalue weighted by atomic mass is 32.2. The molecular weight excluding hydrogens is 268 g/mol. The number of amides is 2. The molecule has 0 aromatic carbocycles. The molecule has 0 saturated heterocycles. The molecule has 4 N–H and O–H groups in total. The molecule has 1 saturated carbocycles. The summed E-state index contributed by atoms with van der Waals surface area (Å²) in [7, 11) is 0. The summed E-state index contributed by atoms with van der Waals surface area (Å²) in [6.07, 6.45) is 6.29. The highest BCUT2D eigenvalue weighted by Gasteiger charge is 2.31. The Morgan fingerprint density at radius 1 is 1.26 bits per heavy atom. The normalized spacial score (nSPS) is 19.5. The van der Waals surface area contributed by atoms with Crippen molar-refractivity contribution in [1.82, 2.24) is 10.6 Å². The third-order valence-corrected chi connectivity index (χ3v) is 4.93. The number of carboxylic acid groups (broad SMARTS) is 1. The maximum Gasteiger partial charge on any atom is 0.334 e. The van der Waals surface area contributed by atoms with Crippen LogP contribution in [-0.2, 0) is 4.79 Å². The summed E-state index contributed by atoms with van der Waals surface area (Å²) in [5.41, 5.74) is 0. The van der Waals surface area contributed by atoms with Crippen molar-refractivity contribution in [2.24, 2.45) is 0 Å². The number of carboxylic acids is 1. The van der Waals surface area contributed by atoms with Gasteiger partial charge in [-0.05, 0) is 19.1 Å². The minimum absolute atomic E-state index is 0.0982. The van der Waals surface area contributed by atoms with Crippen LogP contribution in [0.2, 0.25) is 0 Å². The lowest BCUT2D eigenvalue weighted by molar-refractivity contribution is -0.146. The predicted molar refractivity (Wildman–Crippen MR) is 74.4 cm³/mol. The second kappa shape index (κ2) is 7.59. The van der Waals surface area contributed by atoms with Crippen molar-refractivity contribution in [2.75, 3.05) is 19.3 Å². The topological polar surface area (TPSA) is 98.7 Å². The molecule has 0 aromatic rings. The van der Waals surface area contributed by atoms with E-state index >= 15 is 0 Å². The number of rotatable bonds is 6. The molecular formula is C12H22N2O4S. The quantitative estimate of drug-likeness (QED) is 0.580. The monoisotopic (exact) mass is 290 g/mol. The molecule has 1 rings (SSSR count). The molecule has 0 spiro atoms. The average molecular weight is 290 g/mol. The molecule has 1 aliphatic rings. The predicted octanol–water partition coefficient (Wildman–Crippen LogP) is 0.797. The van der Waals surface area contributed by atoms with Crippen LogP contribution in [0.3, 0.4) is 0 Å². The first-order valence-electron chi connectivity index (χ1n) is 6.47. The molecule has 1 unspecified atom stereocenters. The minimum atomic E-state index is -1.56. The van der Waals surface area contributed by atoms with Crippen molar-refractivity contribution >= 4 is 23.8 Å². The molecule has 19 heavy (non-hydrogen) atoms. The highest BCUT2D eigenvalue weighted by molar-refractivity contribution is 8.00. The Bertz CT molecular complexity index is 319. The molecule has 1 aliphatic carbocycles. The Hall–Kier alpha value is -0.950. The van der Waals surface area contributed by atoms with E-state index in [1.807, 2.05) is 0 Å². The van der Waals surface area contributed by atoms with Gasteiger partial charge in [0, 0.05) is 11.3 Å². The Balaban J connectivity index is 2.30. The lowest BCUT2D eigenvalue weighted by atomic mass is 9.88. The van der Waals surface area contributed by atoms with Gasteiger partial charge in [0.05, 0.1) is 6.54 Å².